The van der Waals surface area contributed by atoms with E-state index in [9.17, 15) is 14.9 Å². The smallest absolute Gasteiger partial charge is 0.270 e. The highest BCUT2D eigenvalue weighted by molar-refractivity contribution is 7.23. The van der Waals surface area contributed by atoms with Gasteiger partial charge in [-0.2, -0.15) is 0 Å². The summed E-state index contributed by atoms with van der Waals surface area (Å²) >= 11 is 2.83. The number of anilines is 1. The highest BCUT2D eigenvalue weighted by atomic mass is 35.5. The number of carbonyl (C=O) groups excluding carboxylic acids is 1. The van der Waals surface area contributed by atoms with E-state index in [0.717, 1.165) is 33.4 Å². The van der Waals surface area contributed by atoms with Crippen LogP contribution in [0.2, 0.25) is 0 Å². The molecule has 5 aromatic rings. The molecule has 0 spiro atoms. The lowest BCUT2D eigenvalue weighted by Crippen LogP contribution is -2.31. The van der Waals surface area contributed by atoms with E-state index < -0.39 is 4.92 Å². The van der Waals surface area contributed by atoms with E-state index >= 15 is 0 Å². The van der Waals surface area contributed by atoms with Crippen molar-refractivity contribution in [2.45, 2.75) is 19.9 Å². The van der Waals surface area contributed by atoms with Gasteiger partial charge < -0.3 is 4.57 Å². The van der Waals surface area contributed by atoms with Crippen LogP contribution in [0.25, 0.3) is 20.3 Å². The molecule has 3 heterocycles. The number of nitrogens with zero attached hydrogens (tertiary/aromatic N) is 5. The summed E-state index contributed by atoms with van der Waals surface area (Å²) in [5.41, 5.74) is 2.01. The van der Waals surface area contributed by atoms with Crippen molar-refractivity contribution in [2.24, 2.45) is 0 Å². The van der Waals surface area contributed by atoms with Crippen molar-refractivity contribution in [1.82, 2.24) is 14.5 Å². The number of hydrogen-bond donors (Lipinski definition) is 0. The lowest BCUT2D eigenvalue weighted by atomic mass is 10.2. The van der Waals surface area contributed by atoms with E-state index in [1.54, 1.807) is 29.6 Å². The van der Waals surface area contributed by atoms with Crippen LogP contribution in [0.5, 0.6) is 0 Å². The van der Waals surface area contributed by atoms with Crippen LogP contribution in [0.4, 0.5) is 10.8 Å². The van der Waals surface area contributed by atoms with Crippen LogP contribution in [-0.2, 0) is 6.54 Å². The zero-order valence-electron chi connectivity index (χ0n) is 18.1. The molecule has 34 heavy (non-hydrogen) atoms. The van der Waals surface area contributed by atoms with Gasteiger partial charge in [-0.3, -0.25) is 19.8 Å². The number of benzene rings is 2. The third kappa shape index (κ3) is 4.79. The van der Waals surface area contributed by atoms with Crippen molar-refractivity contribution < 1.29 is 9.72 Å². The van der Waals surface area contributed by atoms with Crippen molar-refractivity contribution in [2.75, 3.05) is 11.4 Å². The average Bonchev–Trinajstić information content (AvgIpc) is 3.54. The zero-order valence-corrected chi connectivity index (χ0v) is 20.5. The predicted octanol–water partition coefficient (Wildman–Crippen LogP) is 6.08. The number of thiophene rings is 1. The Bertz CT molecular complexity index is 1480. The van der Waals surface area contributed by atoms with Crippen LogP contribution >= 0.6 is 35.1 Å². The van der Waals surface area contributed by atoms with E-state index in [2.05, 4.69) is 11.1 Å². The lowest BCUT2D eigenvalue weighted by molar-refractivity contribution is -0.384. The number of rotatable bonds is 7. The van der Waals surface area contributed by atoms with Gasteiger partial charge in [0.25, 0.3) is 11.6 Å². The minimum Gasteiger partial charge on any atom is -0.337 e. The number of aryl methyl sites for hydroxylation is 2. The van der Waals surface area contributed by atoms with Gasteiger partial charge in [0.05, 0.1) is 26.3 Å². The second-order valence-electron chi connectivity index (χ2n) is 7.67. The molecule has 0 fully saturated rings. The summed E-state index contributed by atoms with van der Waals surface area (Å²) in [6.45, 7) is 3.25. The molecule has 8 nitrogen and oxygen atoms in total. The summed E-state index contributed by atoms with van der Waals surface area (Å²) in [5.74, 6) is -0.153. The average molecular weight is 514 g/mol. The molecule has 1 amide bonds. The van der Waals surface area contributed by atoms with E-state index in [1.807, 2.05) is 29.8 Å². The molecule has 0 saturated carbocycles. The van der Waals surface area contributed by atoms with Gasteiger partial charge in [-0.1, -0.05) is 17.4 Å². The number of hydrogen-bond acceptors (Lipinski definition) is 7. The van der Waals surface area contributed by atoms with Gasteiger partial charge >= 0.3 is 0 Å². The topological polar surface area (TPSA) is 94.2 Å². The number of imidazole rings is 1. The Labute approximate surface area is 209 Å². The number of amides is 1. The molecule has 2 aromatic carbocycles. The fourth-order valence-corrected chi connectivity index (χ4v) is 5.71. The Hall–Kier alpha value is -3.34. The number of non-ortho nitro benzene ring substituents is 1. The third-order valence-corrected chi connectivity index (χ3v) is 7.43. The maximum atomic E-state index is 13.6. The maximum Gasteiger partial charge on any atom is 0.270 e. The van der Waals surface area contributed by atoms with Crippen LogP contribution in [0.3, 0.4) is 0 Å². The van der Waals surface area contributed by atoms with Crippen LogP contribution < -0.4 is 4.90 Å². The molecule has 174 valence electrons. The van der Waals surface area contributed by atoms with E-state index in [0.29, 0.717) is 21.9 Å². The van der Waals surface area contributed by atoms with E-state index in [4.69, 9.17) is 4.98 Å². The minimum absolute atomic E-state index is 0. The molecule has 11 heteroatoms. The summed E-state index contributed by atoms with van der Waals surface area (Å²) in [7, 11) is 0. The molecule has 0 aliphatic rings. The van der Waals surface area contributed by atoms with Crippen LogP contribution in [0, 0.1) is 17.0 Å². The van der Waals surface area contributed by atoms with Gasteiger partial charge in [0.1, 0.15) is 0 Å². The minimum atomic E-state index is -0.426. The molecule has 0 aliphatic heterocycles. The number of carbonyl (C=O) groups is 1. The first-order valence-corrected chi connectivity index (χ1v) is 11.9. The highest BCUT2D eigenvalue weighted by Crippen LogP contribution is 2.34. The molecular formula is C23H20ClN5O3S2. The normalized spacial score (nSPS) is 11.0. The van der Waals surface area contributed by atoms with Gasteiger partial charge in [-0.05, 0) is 43.2 Å². The second kappa shape index (κ2) is 9.88. The molecule has 0 aliphatic carbocycles. The Morgan fingerprint density at radius 1 is 1.15 bits per heavy atom. The standard InChI is InChI=1S/C23H19N5O3S2.ClH/c1-15-3-5-18-20(11-15)33-23(25-18)27(9-2-8-26-10-7-24-14-26)22(29)21-13-16-12-17(28(30)31)4-6-19(16)32-21;/h3-7,10-14H,2,8-9H2,1H3;1H. The number of nitro groups is 1. The second-order valence-corrected chi connectivity index (χ2v) is 9.76. The van der Waals surface area contributed by atoms with Gasteiger partial charge in [-0.15, -0.1) is 23.7 Å². The monoisotopic (exact) mass is 513 g/mol. The summed E-state index contributed by atoms with van der Waals surface area (Å²) in [6.07, 6.45) is 6.11. The first-order valence-electron chi connectivity index (χ1n) is 10.3. The number of nitro benzene ring substituents is 1. The summed E-state index contributed by atoms with van der Waals surface area (Å²) in [5, 5.41) is 12.5. The molecule has 0 bridgehead atoms. The number of thiazole rings is 1. The lowest BCUT2D eigenvalue weighted by Gasteiger charge is -2.19. The fraction of sp³-hybridized carbons (Fsp3) is 0.174. The molecule has 0 saturated heterocycles. The van der Waals surface area contributed by atoms with E-state index in [-0.39, 0.29) is 24.0 Å². The number of aromatic nitrogens is 3. The summed E-state index contributed by atoms with van der Waals surface area (Å²) < 4.78 is 3.84. The Balaban J connectivity index is 0.00000274. The summed E-state index contributed by atoms with van der Waals surface area (Å²) in [6, 6.07) is 12.4. The fourth-order valence-electron chi connectivity index (χ4n) is 3.63. The molecule has 0 N–H and O–H groups in total. The maximum absolute atomic E-state index is 13.6. The SMILES string of the molecule is Cc1ccc2nc(N(CCCn3ccnc3)C(=O)c3cc4cc([N+](=O)[O-])ccc4s3)sc2c1.Cl. The summed E-state index contributed by atoms with van der Waals surface area (Å²) in [4.78, 5) is 35.4. The Morgan fingerprint density at radius 2 is 2.00 bits per heavy atom. The largest absolute Gasteiger partial charge is 0.337 e. The quantitative estimate of drug-likeness (QED) is 0.194. The van der Waals surface area contributed by atoms with Crippen LogP contribution in [-0.4, -0.2) is 31.9 Å². The first-order chi connectivity index (χ1) is 16.0. The van der Waals surface area contributed by atoms with Crippen molar-refractivity contribution in [3.63, 3.8) is 0 Å². The van der Waals surface area contributed by atoms with Gasteiger partial charge in [0, 0.05) is 47.7 Å². The Kier molecular flexibility index (Phi) is 6.92. The van der Waals surface area contributed by atoms with Crippen molar-refractivity contribution in [3.8, 4) is 0 Å². The van der Waals surface area contributed by atoms with E-state index in [1.165, 1.54) is 34.8 Å². The first kappa shape index (κ1) is 23.8. The van der Waals surface area contributed by atoms with Crippen molar-refractivity contribution >= 4 is 72.1 Å². The van der Waals surface area contributed by atoms with Gasteiger partial charge in [0.15, 0.2) is 5.13 Å². The predicted molar refractivity (Wildman–Crippen MR) is 139 cm³/mol. The van der Waals surface area contributed by atoms with Gasteiger partial charge in [0.2, 0.25) is 0 Å². The molecule has 5 rings (SSSR count). The van der Waals surface area contributed by atoms with Crippen LogP contribution in [0.15, 0.2) is 61.2 Å². The molecule has 0 unspecified atom stereocenters. The molecular weight excluding hydrogens is 494 g/mol. The van der Waals surface area contributed by atoms with Crippen LogP contribution in [0.1, 0.15) is 21.7 Å². The Morgan fingerprint density at radius 3 is 2.76 bits per heavy atom. The zero-order chi connectivity index (χ0) is 22.9. The third-order valence-electron chi connectivity index (χ3n) is 5.29. The van der Waals surface area contributed by atoms with Gasteiger partial charge in [-0.25, -0.2) is 9.97 Å². The van der Waals surface area contributed by atoms with Crippen molar-refractivity contribution in [1.29, 1.82) is 0 Å². The molecule has 0 atom stereocenters. The number of fused-ring (bicyclic) bond motifs is 2. The molecule has 3 aromatic heterocycles. The van der Waals surface area contributed by atoms with Crippen molar-refractivity contribution in [3.05, 3.63) is 81.7 Å². The molecule has 0 radical (unpaired) electrons. The number of halogens is 1. The highest BCUT2D eigenvalue weighted by Gasteiger charge is 2.23.